The first-order valence-corrected chi connectivity index (χ1v) is 12.9. The first kappa shape index (κ1) is 25.6. The molecule has 1 fully saturated rings. The van der Waals surface area contributed by atoms with Gasteiger partial charge in [-0.1, -0.05) is 66.7 Å². The van der Waals surface area contributed by atoms with E-state index >= 15 is 0 Å². The smallest absolute Gasteiger partial charge is 0.338 e. The van der Waals surface area contributed by atoms with Gasteiger partial charge in [0.25, 0.3) is 0 Å². The number of carbonyl (C=O) groups excluding carboxylic acids is 2. The van der Waals surface area contributed by atoms with Gasteiger partial charge in [-0.3, -0.25) is 4.79 Å². The van der Waals surface area contributed by atoms with Crippen LogP contribution in [0.3, 0.4) is 0 Å². The summed E-state index contributed by atoms with van der Waals surface area (Å²) in [5.41, 5.74) is 1.70. The van der Waals surface area contributed by atoms with Crippen molar-refractivity contribution >= 4 is 22.0 Å². The zero-order chi connectivity index (χ0) is 25.5. The Balaban J connectivity index is 1.49. The van der Waals surface area contributed by atoms with Gasteiger partial charge in [0.1, 0.15) is 19.3 Å². The Kier molecular flexibility index (Phi) is 8.14. The van der Waals surface area contributed by atoms with Crippen molar-refractivity contribution in [3.8, 4) is 0 Å². The summed E-state index contributed by atoms with van der Waals surface area (Å²) >= 11 is 0. The van der Waals surface area contributed by atoms with E-state index in [1.807, 2.05) is 60.7 Å². The SMILES string of the molecule is C[C@@H](C(=O)OCc1ccccc1)N(CC1CO1)S(=O)(=O)c1cccc(C(=O)OCc2ccccc2)c1. The number of rotatable bonds is 11. The molecule has 3 aromatic carbocycles. The molecule has 0 amide bonds. The van der Waals surface area contributed by atoms with E-state index in [1.54, 1.807) is 0 Å². The Bertz CT molecular complexity index is 1290. The van der Waals surface area contributed by atoms with Gasteiger partial charge in [0.15, 0.2) is 0 Å². The molecular formula is C27H27NO7S. The largest absolute Gasteiger partial charge is 0.460 e. The number of hydrogen-bond donors (Lipinski definition) is 0. The van der Waals surface area contributed by atoms with Gasteiger partial charge in [-0.15, -0.1) is 0 Å². The van der Waals surface area contributed by atoms with Crippen LogP contribution < -0.4 is 0 Å². The molecule has 0 saturated carbocycles. The van der Waals surface area contributed by atoms with E-state index in [1.165, 1.54) is 31.2 Å². The lowest BCUT2D eigenvalue weighted by Gasteiger charge is -2.26. The fourth-order valence-electron chi connectivity index (χ4n) is 3.53. The molecule has 9 heteroatoms. The molecule has 188 valence electrons. The highest BCUT2D eigenvalue weighted by atomic mass is 32.2. The number of esters is 2. The first-order valence-electron chi connectivity index (χ1n) is 11.5. The first-order chi connectivity index (χ1) is 17.3. The molecule has 2 atom stereocenters. The molecule has 1 aliphatic heterocycles. The minimum absolute atomic E-state index is 0.00732. The third kappa shape index (κ3) is 6.57. The summed E-state index contributed by atoms with van der Waals surface area (Å²) in [6.07, 6.45) is -0.303. The summed E-state index contributed by atoms with van der Waals surface area (Å²) in [5, 5.41) is 0. The van der Waals surface area contributed by atoms with E-state index < -0.39 is 28.0 Å². The van der Waals surface area contributed by atoms with Gasteiger partial charge in [-0.25, -0.2) is 13.2 Å². The Labute approximate surface area is 210 Å². The molecule has 1 saturated heterocycles. The van der Waals surface area contributed by atoms with E-state index in [2.05, 4.69) is 0 Å². The van der Waals surface area contributed by atoms with Crippen LogP contribution in [0.5, 0.6) is 0 Å². The summed E-state index contributed by atoms with van der Waals surface area (Å²) in [5.74, 6) is -1.33. The van der Waals surface area contributed by atoms with E-state index in [0.29, 0.717) is 6.61 Å². The van der Waals surface area contributed by atoms with Crippen LogP contribution in [0.2, 0.25) is 0 Å². The zero-order valence-electron chi connectivity index (χ0n) is 19.8. The lowest BCUT2D eigenvalue weighted by molar-refractivity contribution is -0.149. The van der Waals surface area contributed by atoms with E-state index in [9.17, 15) is 18.0 Å². The number of nitrogens with zero attached hydrogens (tertiary/aromatic N) is 1. The highest BCUT2D eigenvalue weighted by Gasteiger charge is 2.39. The molecule has 1 aliphatic rings. The number of hydrogen-bond acceptors (Lipinski definition) is 7. The monoisotopic (exact) mass is 509 g/mol. The maximum absolute atomic E-state index is 13.6. The average Bonchev–Trinajstić information content (AvgIpc) is 3.74. The highest BCUT2D eigenvalue weighted by Crippen LogP contribution is 2.24. The highest BCUT2D eigenvalue weighted by molar-refractivity contribution is 7.89. The number of carbonyl (C=O) groups is 2. The quantitative estimate of drug-likeness (QED) is 0.288. The Morgan fingerprint density at radius 1 is 0.917 bits per heavy atom. The number of ether oxygens (including phenoxy) is 3. The fraction of sp³-hybridized carbons (Fsp3) is 0.259. The second-order valence-electron chi connectivity index (χ2n) is 8.39. The minimum Gasteiger partial charge on any atom is -0.460 e. The van der Waals surface area contributed by atoms with E-state index in [0.717, 1.165) is 15.4 Å². The molecule has 0 aliphatic carbocycles. The Morgan fingerprint density at radius 2 is 1.50 bits per heavy atom. The standard InChI is InChI=1S/C27H27NO7S/c1-20(26(29)34-17-21-9-4-2-5-10-21)28(16-24-19-33-24)36(31,32)25-14-8-13-23(15-25)27(30)35-18-22-11-6-3-7-12-22/h2-15,20,24H,16-19H2,1H3/t20-,24?/m0/s1. The van der Waals surface area contributed by atoms with Crippen LogP contribution in [0.4, 0.5) is 0 Å². The number of epoxide rings is 1. The molecule has 0 bridgehead atoms. The summed E-state index contributed by atoms with van der Waals surface area (Å²) < 4.78 is 44.2. The number of sulfonamides is 1. The molecule has 1 unspecified atom stereocenters. The van der Waals surface area contributed by atoms with Gasteiger partial charge >= 0.3 is 11.9 Å². The third-order valence-electron chi connectivity index (χ3n) is 5.67. The van der Waals surface area contributed by atoms with Gasteiger partial charge in [0, 0.05) is 6.54 Å². The molecule has 4 rings (SSSR count). The van der Waals surface area contributed by atoms with Gasteiger partial charge < -0.3 is 14.2 Å². The zero-order valence-corrected chi connectivity index (χ0v) is 20.6. The molecular weight excluding hydrogens is 482 g/mol. The molecule has 36 heavy (non-hydrogen) atoms. The number of benzene rings is 3. The summed E-state index contributed by atoms with van der Waals surface area (Å²) in [6, 6.07) is 22.8. The van der Waals surface area contributed by atoms with Crippen molar-refractivity contribution < 1.29 is 32.2 Å². The van der Waals surface area contributed by atoms with Crippen LogP contribution >= 0.6 is 0 Å². The van der Waals surface area contributed by atoms with Crippen LogP contribution in [-0.4, -0.2) is 50.0 Å². The van der Waals surface area contributed by atoms with Crippen LogP contribution in [0.1, 0.15) is 28.4 Å². The van der Waals surface area contributed by atoms with Crippen LogP contribution in [0, 0.1) is 0 Å². The van der Waals surface area contributed by atoms with Crippen LogP contribution in [0.25, 0.3) is 0 Å². The second kappa shape index (κ2) is 11.5. The van der Waals surface area contributed by atoms with Crippen molar-refractivity contribution in [2.75, 3.05) is 13.2 Å². The van der Waals surface area contributed by atoms with E-state index in [4.69, 9.17) is 14.2 Å². The molecule has 1 heterocycles. The molecule has 8 nitrogen and oxygen atoms in total. The maximum atomic E-state index is 13.6. The van der Waals surface area contributed by atoms with Crippen molar-refractivity contribution in [3.63, 3.8) is 0 Å². The van der Waals surface area contributed by atoms with Gasteiger partial charge in [0.05, 0.1) is 23.2 Å². The average molecular weight is 510 g/mol. The van der Waals surface area contributed by atoms with Gasteiger partial charge in [-0.05, 0) is 36.2 Å². The lowest BCUT2D eigenvalue weighted by atomic mass is 10.2. The predicted octanol–water partition coefficient (Wildman–Crippen LogP) is 3.57. The van der Waals surface area contributed by atoms with Crippen molar-refractivity contribution in [1.82, 2.24) is 4.31 Å². The van der Waals surface area contributed by atoms with Crippen LogP contribution in [-0.2, 0) is 42.2 Å². The summed E-state index contributed by atoms with van der Waals surface area (Å²) in [4.78, 5) is 25.3. The third-order valence-corrected chi connectivity index (χ3v) is 7.60. The Morgan fingerprint density at radius 3 is 2.08 bits per heavy atom. The molecule has 0 aromatic heterocycles. The molecule has 3 aromatic rings. The van der Waals surface area contributed by atoms with Crippen molar-refractivity contribution in [2.45, 2.75) is 37.2 Å². The summed E-state index contributed by atoms with van der Waals surface area (Å²) in [6.45, 7) is 1.97. The van der Waals surface area contributed by atoms with Crippen LogP contribution in [0.15, 0.2) is 89.8 Å². The summed E-state index contributed by atoms with van der Waals surface area (Å²) in [7, 11) is -4.16. The normalized spacial score (nSPS) is 15.8. The lowest BCUT2D eigenvalue weighted by Crippen LogP contribution is -2.45. The molecule has 0 spiro atoms. The second-order valence-corrected chi connectivity index (χ2v) is 10.3. The van der Waals surface area contributed by atoms with Gasteiger partial charge in [0.2, 0.25) is 10.0 Å². The Hall–Kier alpha value is -3.53. The predicted molar refractivity (Wildman–Crippen MR) is 131 cm³/mol. The van der Waals surface area contributed by atoms with Crippen molar-refractivity contribution in [2.24, 2.45) is 0 Å². The van der Waals surface area contributed by atoms with Crippen molar-refractivity contribution in [3.05, 3.63) is 102 Å². The molecule has 0 radical (unpaired) electrons. The topological polar surface area (TPSA) is 103 Å². The minimum atomic E-state index is -4.16. The van der Waals surface area contributed by atoms with Gasteiger partial charge in [-0.2, -0.15) is 4.31 Å². The molecule has 0 N–H and O–H groups in total. The van der Waals surface area contributed by atoms with E-state index in [-0.39, 0.29) is 36.3 Å². The van der Waals surface area contributed by atoms with Crippen molar-refractivity contribution in [1.29, 1.82) is 0 Å². The maximum Gasteiger partial charge on any atom is 0.338 e. The fourth-order valence-corrected chi connectivity index (χ4v) is 5.19.